The average Bonchev–Trinajstić information content (AvgIpc) is 2.51. The van der Waals surface area contributed by atoms with Gasteiger partial charge in [0.25, 0.3) is 5.56 Å². The average molecular weight is 280 g/mol. The fourth-order valence-corrected chi connectivity index (χ4v) is 3.02. The van der Waals surface area contributed by atoms with Crippen LogP contribution >= 0.6 is 0 Å². The first kappa shape index (κ1) is 12.0. The number of fused-ring (bicyclic) bond motifs is 4. The monoisotopic (exact) mass is 280 g/mol. The van der Waals surface area contributed by atoms with Gasteiger partial charge in [0.2, 0.25) is 5.56 Å². The van der Waals surface area contributed by atoms with Crippen molar-refractivity contribution >= 4 is 10.9 Å². The van der Waals surface area contributed by atoms with Crippen molar-refractivity contribution in [2.75, 3.05) is 0 Å². The molecular weight excluding hydrogens is 268 g/mol. The molecule has 0 aliphatic carbocycles. The van der Waals surface area contributed by atoms with Crippen LogP contribution in [0.15, 0.2) is 46.0 Å². The van der Waals surface area contributed by atoms with Crippen molar-refractivity contribution in [1.29, 1.82) is 0 Å². The van der Waals surface area contributed by atoms with Gasteiger partial charge in [-0.3, -0.25) is 9.59 Å². The maximum Gasteiger partial charge on any atom is 0.260 e. The number of aryl methyl sites for hydroxylation is 1. The van der Waals surface area contributed by atoms with Crippen LogP contribution in [0.25, 0.3) is 22.2 Å². The van der Waals surface area contributed by atoms with Crippen LogP contribution in [-0.4, -0.2) is 14.7 Å². The van der Waals surface area contributed by atoms with Crippen LogP contribution in [0.1, 0.15) is 5.56 Å². The first-order chi connectivity index (χ1) is 10.2. The minimum absolute atomic E-state index is 0.0468. The van der Waals surface area contributed by atoms with Gasteiger partial charge in [-0.05, 0) is 18.1 Å². The molecule has 104 valence electrons. The molecule has 0 atom stereocenters. The van der Waals surface area contributed by atoms with E-state index < -0.39 is 0 Å². The number of hydrogen-bond donors (Lipinski definition) is 2. The summed E-state index contributed by atoms with van der Waals surface area (Å²) >= 11 is 0. The summed E-state index contributed by atoms with van der Waals surface area (Å²) in [7, 11) is 0. The standard InChI is InChI=1S/C16H12N2O3/c19-12-6-5-11-13(17-12)15(20)14-10-4-2-1-3-9(10)7-8-18(14)16(11)21/h1-6,20H,7-8H2,(H,17,19). The number of H-pyrrole nitrogens is 1. The molecule has 5 nitrogen and oxygen atoms in total. The Morgan fingerprint density at radius 2 is 1.90 bits per heavy atom. The predicted molar refractivity (Wildman–Crippen MR) is 79.6 cm³/mol. The molecule has 3 aromatic rings. The van der Waals surface area contributed by atoms with Crippen LogP contribution in [-0.2, 0) is 13.0 Å². The zero-order valence-electron chi connectivity index (χ0n) is 11.1. The van der Waals surface area contributed by atoms with E-state index in [1.807, 2.05) is 24.3 Å². The number of rotatable bonds is 0. The summed E-state index contributed by atoms with van der Waals surface area (Å²) in [6.45, 7) is 0.522. The van der Waals surface area contributed by atoms with Crippen LogP contribution < -0.4 is 11.1 Å². The quantitative estimate of drug-likeness (QED) is 0.657. The number of aromatic nitrogens is 2. The normalized spacial score (nSPS) is 13.0. The van der Waals surface area contributed by atoms with Gasteiger partial charge in [0, 0.05) is 18.2 Å². The molecule has 2 aromatic heterocycles. The van der Waals surface area contributed by atoms with Gasteiger partial charge in [-0.1, -0.05) is 24.3 Å². The fraction of sp³-hybridized carbons (Fsp3) is 0.125. The molecule has 21 heavy (non-hydrogen) atoms. The van der Waals surface area contributed by atoms with Crippen molar-refractivity contribution in [1.82, 2.24) is 9.55 Å². The van der Waals surface area contributed by atoms with E-state index in [9.17, 15) is 14.7 Å². The van der Waals surface area contributed by atoms with Gasteiger partial charge < -0.3 is 14.7 Å². The van der Waals surface area contributed by atoms with Crippen molar-refractivity contribution in [3.8, 4) is 17.0 Å². The van der Waals surface area contributed by atoms with E-state index in [-0.39, 0.29) is 22.4 Å². The lowest BCUT2D eigenvalue weighted by molar-refractivity contribution is 0.471. The number of nitrogens with zero attached hydrogens (tertiary/aromatic N) is 1. The summed E-state index contributed by atoms with van der Waals surface area (Å²) in [4.78, 5) is 26.6. The number of hydrogen-bond acceptors (Lipinski definition) is 3. The molecule has 0 unspecified atom stereocenters. The fourth-order valence-electron chi connectivity index (χ4n) is 3.02. The highest BCUT2D eigenvalue weighted by atomic mass is 16.3. The van der Waals surface area contributed by atoms with Crippen LogP contribution in [0.5, 0.6) is 5.75 Å². The lowest BCUT2D eigenvalue weighted by Gasteiger charge is -2.23. The molecule has 0 radical (unpaired) electrons. The van der Waals surface area contributed by atoms with E-state index in [1.165, 1.54) is 12.1 Å². The molecule has 1 aliphatic heterocycles. The van der Waals surface area contributed by atoms with Gasteiger partial charge >= 0.3 is 0 Å². The SMILES string of the molecule is O=c1ccc2c(=O)n3c(c(O)c2[nH]1)-c1ccccc1CC3. The Morgan fingerprint density at radius 1 is 1.10 bits per heavy atom. The van der Waals surface area contributed by atoms with Crippen molar-refractivity contribution < 1.29 is 5.11 Å². The lowest BCUT2D eigenvalue weighted by Crippen LogP contribution is -2.27. The Labute approximate surface area is 119 Å². The van der Waals surface area contributed by atoms with E-state index in [0.717, 1.165) is 17.5 Å². The maximum absolute atomic E-state index is 12.6. The second kappa shape index (κ2) is 4.09. The van der Waals surface area contributed by atoms with Crippen molar-refractivity contribution in [3.05, 3.63) is 62.7 Å². The highest BCUT2D eigenvalue weighted by Crippen LogP contribution is 2.37. The van der Waals surface area contributed by atoms with Gasteiger partial charge in [0.15, 0.2) is 5.75 Å². The van der Waals surface area contributed by atoms with E-state index >= 15 is 0 Å². The zero-order valence-corrected chi connectivity index (χ0v) is 11.1. The Balaban J connectivity index is 2.23. The second-order valence-electron chi connectivity index (χ2n) is 5.17. The van der Waals surface area contributed by atoms with Crippen LogP contribution in [0.2, 0.25) is 0 Å². The van der Waals surface area contributed by atoms with Gasteiger partial charge in [0.05, 0.1) is 16.6 Å². The van der Waals surface area contributed by atoms with E-state index in [4.69, 9.17) is 0 Å². The third-order valence-electron chi connectivity index (χ3n) is 4.00. The van der Waals surface area contributed by atoms with E-state index in [1.54, 1.807) is 4.57 Å². The Hall–Kier alpha value is -2.82. The van der Waals surface area contributed by atoms with Crippen LogP contribution in [0, 0.1) is 0 Å². The molecule has 3 heterocycles. The first-order valence-corrected chi connectivity index (χ1v) is 6.74. The summed E-state index contributed by atoms with van der Waals surface area (Å²) in [6, 6.07) is 10.4. The Bertz CT molecular complexity index is 999. The number of aromatic amines is 1. The maximum atomic E-state index is 12.6. The van der Waals surface area contributed by atoms with Crippen molar-refractivity contribution in [3.63, 3.8) is 0 Å². The van der Waals surface area contributed by atoms with Crippen LogP contribution in [0.4, 0.5) is 0 Å². The van der Waals surface area contributed by atoms with Gasteiger partial charge in [0.1, 0.15) is 0 Å². The summed E-state index contributed by atoms with van der Waals surface area (Å²) in [5.41, 5.74) is 2.08. The second-order valence-corrected chi connectivity index (χ2v) is 5.17. The Kier molecular flexibility index (Phi) is 2.33. The molecule has 0 fully saturated rings. The third-order valence-corrected chi connectivity index (χ3v) is 4.00. The number of aromatic hydroxyl groups is 1. The molecule has 0 bridgehead atoms. The van der Waals surface area contributed by atoms with E-state index in [0.29, 0.717) is 17.6 Å². The largest absolute Gasteiger partial charge is 0.504 e. The lowest BCUT2D eigenvalue weighted by atomic mass is 9.96. The smallest absolute Gasteiger partial charge is 0.260 e. The zero-order chi connectivity index (χ0) is 14.6. The molecule has 5 heteroatoms. The first-order valence-electron chi connectivity index (χ1n) is 6.74. The molecule has 0 saturated carbocycles. The highest BCUT2D eigenvalue weighted by Gasteiger charge is 2.23. The molecule has 4 rings (SSSR count). The third kappa shape index (κ3) is 1.57. The predicted octanol–water partition coefficient (Wildman–Crippen LogP) is 1.62. The van der Waals surface area contributed by atoms with Crippen molar-refractivity contribution in [2.45, 2.75) is 13.0 Å². The minimum atomic E-state index is -0.341. The van der Waals surface area contributed by atoms with Crippen molar-refractivity contribution in [2.24, 2.45) is 0 Å². The molecular formula is C16H12N2O3. The molecule has 0 saturated heterocycles. The number of benzene rings is 1. The van der Waals surface area contributed by atoms with E-state index in [2.05, 4.69) is 4.98 Å². The number of pyridine rings is 2. The summed E-state index contributed by atoms with van der Waals surface area (Å²) in [5, 5.41) is 10.9. The molecule has 2 N–H and O–H groups in total. The van der Waals surface area contributed by atoms with Crippen LogP contribution in [0.3, 0.4) is 0 Å². The molecule has 0 spiro atoms. The summed E-state index contributed by atoms with van der Waals surface area (Å²) in [5.74, 6) is -0.0468. The van der Waals surface area contributed by atoms with Gasteiger partial charge in [-0.2, -0.15) is 0 Å². The number of nitrogens with one attached hydrogen (secondary N) is 1. The highest BCUT2D eigenvalue weighted by molar-refractivity contribution is 5.90. The molecule has 1 aliphatic rings. The molecule has 1 aromatic carbocycles. The van der Waals surface area contributed by atoms with Gasteiger partial charge in [-0.25, -0.2) is 0 Å². The summed E-state index contributed by atoms with van der Waals surface area (Å²) < 4.78 is 1.58. The Morgan fingerprint density at radius 3 is 2.76 bits per heavy atom. The minimum Gasteiger partial charge on any atom is -0.504 e. The summed E-state index contributed by atoms with van der Waals surface area (Å²) in [6.07, 6.45) is 0.747. The molecule has 0 amide bonds. The topological polar surface area (TPSA) is 75.1 Å². The van der Waals surface area contributed by atoms with Gasteiger partial charge in [-0.15, -0.1) is 0 Å².